The number of hydrogen-bond acceptors (Lipinski definition) is 4. The number of benzene rings is 1. The van der Waals surface area contributed by atoms with Gasteiger partial charge in [0.15, 0.2) is 0 Å². The lowest BCUT2D eigenvalue weighted by Crippen LogP contribution is -1.96. The van der Waals surface area contributed by atoms with Gasteiger partial charge in [-0.15, -0.1) is 10.2 Å². The summed E-state index contributed by atoms with van der Waals surface area (Å²) in [4.78, 5) is 10.6. The molecular weight excluding hydrogens is 208 g/mol. The number of carbonyl (C=O) groups is 1. The van der Waals surface area contributed by atoms with Crippen LogP contribution in [0.2, 0.25) is 0 Å². The van der Waals surface area contributed by atoms with E-state index in [0.29, 0.717) is 0 Å². The number of carboxylic acid groups (broad SMARTS) is 1. The fourth-order valence-corrected chi connectivity index (χ4v) is 1.10. The lowest BCUT2D eigenvalue weighted by molar-refractivity contribution is 0.0697. The monoisotopic (exact) mass is 216 g/mol. The zero-order chi connectivity index (χ0) is 11.4. The Kier molecular flexibility index (Phi) is 2.73. The van der Waals surface area contributed by atoms with E-state index in [9.17, 15) is 4.79 Å². The van der Waals surface area contributed by atoms with Crippen LogP contribution in [-0.2, 0) is 0 Å². The molecule has 0 unspecified atom stereocenters. The van der Waals surface area contributed by atoms with Crippen LogP contribution in [0.3, 0.4) is 0 Å². The standard InChI is InChI=1S/C10H8N4O2/c15-10(16)9-3-1-8(2-4-9)5-13-14-6-11-12-7-14/h1-7H,(H,15,16)/b13-5-. The first-order valence-electron chi connectivity index (χ1n) is 4.48. The lowest BCUT2D eigenvalue weighted by Gasteiger charge is -1.95. The molecule has 0 saturated carbocycles. The largest absolute Gasteiger partial charge is 0.478 e. The zero-order valence-corrected chi connectivity index (χ0v) is 8.19. The molecule has 1 heterocycles. The number of carboxylic acids is 1. The molecule has 16 heavy (non-hydrogen) atoms. The number of rotatable bonds is 3. The maximum Gasteiger partial charge on any atom is 0.335 e. The average Bonchev–Trinajstić information content (AvgIpc) is 2.80. The van der Waals surface area contributed by atoms with Gasteiger partial charge in [0.2, 0.25) is 0 Å². The molecule has 0 saturated heterocycles. The Morgan fingerprint density at radius 1 is 1.25 bits per heavy atom. The van der Waals surface area contributed by atoms with Gasteiger partial charge in [-0.05, 0) is 17.7 Å². The third-order valence-electron chi connectivity index (χ3n) is 1.90. The van der Waals surface area contributed by atoms with Crippen LogP contribution in [0.4, 0.5) is 0 Å². The van der Waals surface area contributed by atoms with Gasteiger partial charge in [0.25, 0.3) is 0 Å². The second-order valence-corrected chi connectivity index (χ2v) is 3.01. The Labute approximate surface area is 90.9 Å². The highest BCUT2D eigenvalue weighted by molar-refractivity contribution is 5.89. The minimum atomic E-state index is -0.942. The van der Waals surface area contributed by atoms with Gasteiger partial charge in [0.05, 0.1) is 11.8 Å². The fraction of sp³-hybridized carbons (Fsp3) is 0. The quantitative estimate of drug-likeness (QED) is 0.771. The summed E-state index contributed by atoms with van der Waals surface area (Å²) in [5, 5.41) is 19.9. The average molecular weight is 216 g/mol. The van der Waals surface area contributed by atoms with E-state index in [0.717, 1.165) is 5.56 Å². The van der Waals surface area contributed by atoms with Crippen molar-refractivity contribution in [3.8, 4) is 0 Å². The van der Waals surface area contributed by atoms with Crippen LogP contribution in [0.1, 0.15) is 15.9 Å². The first-order chi connectivity index (χ1) is 7.75. The van der Waals surface area contributed by atoms with Crippen molar-refractivity contribution in [2.75, 3.05) is 0 Å². The highest BCUT2D eigenvalue weighted by Gasteiger charge is 2.00. The Bertz CT molecular complexity index is 502. The fourth-order valence-electron chi connectivity index (χ4n) is 1.10. The van der Waals surface area contributed by atoms with Crippen LogP contribution in [0.15, 0.2) is 42.0 Å². The minimum absolute atomic E-state index is 0.251. The van der Waals surface area contributed by atoms with Crippen LogP contribution >= 0.6 is 0 Å². The topological polar surface area (TPSA) is 80.4 Å². The highest BCUT2D eigenvalue weighted by atomic mass is 16.4. The van der Waals surface area contributed by atoms with Crippen molar-refractivity contribution in [3.05, 3.63) is 48.0 Å². The predicted octanol–water partition coefficient (Wildman–Crippen LogP) is 0.858. The van der Waals surface area contributed by atoms with E-state index in [1.165, 1.54) is 29.5 Å². The van der Waals surface area contributed by atoms with E-state index in [2.05, 4.69) is 15.3 Å². The van der Waals surface area contributed by atoms with Crippen LogP contribution in [-0.4, -0.2) is 32.2 Å². The molecule has 0 aliphatic heterocycles. The molecule has 0 spiro atoms. The zero-order valence-electron chi connectivity index (χ0n) is 8.19. The molecule has 0 aliphatic carbocycles. The molecule has 0 amide bonds. The summed E-state index contributed by atoms with van der Waals surface area (Å²) in [6, 6.07) is 6.40. The van der Waals surface area contributed by atoms with Gasteiger partial charge >= 0.3 is 5.97 Å². The summed E-state index contributed by atoms with van der Waals surface area (Å²) in [7, 11) is 0. The van der Waals surface area contributed by atoms with Gasteiger partial charge < -0.3 is 5.11 Å². The Balaban J connectivity index is 2.14. The molecule has 1 aromatic carbocycles. The van der Waals surface area contributed by atoms with Gasteiger partial charge in [0, 0.05) is 0 Å². The van der Waals surface area contributed by atoms with Crippen LogP contribution in [0, 0.1) is 0 Å². The van der Waals surface area contributed by atoms with Crippen molar-refractivity contribution in [3.63, 3.8) is 0 Å². The molecular formula is C10H8N4O2. The van der Waals surface area contributed by atoms with Crippen LogP contribution in [0.5, 0.6) is 0 Å². The molecule has 1 aromatic heterocycles. The van der Waals surface area contributed by atoms with Crippen molar-refractivity contribution in [1.82, 2.24) is 14.9 Å². The molecule has 80 valence electrons. The normalized spacial score (nSPS) is 10.8. The molecule has 6 nitrogen and oxygen atoms in total. The second-order valence-electron chi connectivity index (χ2n) is 3.01. The third kappa shape index (κ3) is 2.30. The molecule has 2 aromatic rings. The molecule has 6 heteroatoms. The first kappa shape index (κ1) is 10.0. The molecule has 0 radical (unpaired) electrons. The summed E-state index contributed by atoms with van der Waals surface area (Å²) < 4.78 is 1.45. The molecule has 0 aliphatic rings. The van der Waals surface area contributed by atoms with Crippen molar-refractivity contribution in [1.29, 1.82) is 0 Å². The van der Waals surface area contributed by atoms with Crippen LogP contribution in [0.25, 0.3) is 0 Å². The van der Waals surface area contributed by atoms with E-state index in [4.69, 9.17) is 5.11 Å². The van der Waals surface area contributed by atoms with Crippen LogP contribution < -0.4 is 0 Å². The molecule has 0 fully saturated rings. The van der Waals surface area contributed by atoms with Gasteiger partial charge in [-0.3, -0.25) is 0 Å². The molecule has 0 bridgehead atoms. The van der Waals surface area contributed by atoms with E-state index < -0.39 is 5.97 Å². The van der Waals surface area contributed by atoms with Crippen molar-refractivity contribution in [2.24, 2.45) is 5.10 Å². The Morgan fingerprint density at radius 3 is 2.44 bits per heavy atom. The summed E-state index contributed by atoms with van der Waals surface area (Å²) in [6.45, 7) is 0. The maximum absolute atomic E-state index is 10.6. The van der Waals surface area contributed by atoms with Gasteiger partial charge in [-0.1, -0.05) is 12.1 Å². The Hall–Kier alpha value is -2.50. The maximum atomic E-state index is 10.6. The SMILES string of the molecule is O=C(O)c1ccc(/C=N\n2cnnc2)cc1. The number of hydrogen-bond donors (Lipinski definition) is 1. The minimum Gasteiger partial charge on any atom is -0.478 e. The van der Waals surface area contributed by atoms with Gasteiger partial charge in [-0.2, -0.15) is 5.10 Å². The van der Waals surface area contributed by atoms with Crippen molar-refractivity contribution < 1.29 is 9.90 Å². The number of aromatic carboxylic acids is 1. The summed E-state index contributed by atoms with van der Waals surface area (Å²) in [5.41, 5.74) is 1.06. The smallest absolute Gasteiger partial charge is 0.335 e. The van der Waals surface area contributed by atoms with Crippen molar-refractivity contribution >= 4 is 12.2 Å². The summed E-state index contributed by atoms with van der Waals surface area (Å²) in [6.07, 6.45) is 4.51. The lowest BCUT2D eigenvalue weighted by atomic mass is 10.1. The molecule has 1 N–H and O–H groups in total. The molecule has 2 rings (SSSR count). The number of nitrogens with zero attached hydrogens (tertiary/aromatic N) is 4. The predicted molar refractivity (Wildman–Crippen MR) is 56.4 cm³/mol. The van der Waals surface area contributed by atoms with E-state index >= 15 is 0 Å². The van der Waals surface area contributed by atoms with Gasteiger partial charge in [-0.25, -0.2) is 9.47 Å². The van der Waals surface area contributed by atoms with Crippen molar-refractivity contribution in [2.45, 2.75) is 0 Å². The van der Waals surface area contributed by atoms with E-state index in [1.807, 2.05) is 0 Å². The third-order valence-corrected chi connectivity index (χ3v) is 1.90. The van der Waals surface area contributed by atoms with Gasteiger partial charge in [0.1, 0.15) is 12.7 Å². The Morgan fingerprint density at radius 2 is 1.88 bits per heavy atom. The first-order valence-corrected chi connectivity index (χ1v) is 4.48. The number of aromatic nitrogens is 3. The highest BCUT2D eigenvalue weighted by Crippen LogP contribution is 2.02. The summed E-state index contributed by atoms with van der Waals surface area (Å²) >= 11 is 0. The second kappa shape index (κ2) is 4.35. The summed E-state index contributed by atoms with van der Waals surface area (Å²) in [5.74, 6) is -0.942. The molecule has 0 atom stereocenters. The van der Waals surface area contributed by atoms with E-state index in [1.54, 1.807) is 18.3 Å². The van der Waals surface area contributed by atoms with E-state index in [-0.39, 0.29) is 5.56 Å².